The highest BCUT2D eigenvalue weighted by Crippen LogP contribution is 2.04. The first-order valence-corrected chi connectivity index (χ1v) is 8.28. The van der Waals surface area contributed by atoms with Crippen LogP contribution < -0.4 is 10.6 Å². The molecule has 0 aromatic heterocycles. The van der Waals surface area contributed by atoms with Gasteiger partial charge in [-0.1, -0.05) is 0 Å². The topological polar surface area (TPSA) is 116 Å². The lowest BCUT2D eigenvalue weighted by Gasteiger charge is -2.24. The Bertz CT molecular complexity index is 394. The molecule has 0 aromatic carbocycles. The highest BCUT2D eigenvalue weighted by atomic mass is 32.1. The summed E-state index contributed by atoms with van der Waals surface area (Å²) in [5.74, 6) is -5.56. The molecule has 0 saturated heterocycles. The van der Waals surface area contributed by atoms with Gasteiger partial charge in [-0.05, 0) is 0 Å². The summed E-state index contributed by atoms with van der Waals surface area (Å²) in [6.07, 6.45) is 0. The second kappa shape index (κ2) is 9.85. The summed E-state index contributed by atoms with van der Waals surface area (Å²) in [6, 6.07) is -2.00. The number of hydrogen-bond acceptors (Lipinski definition) is 9. The van der Waals surface area contributed by atoms with E-state index in [9.17, 15) is 24.6 Å². The molecule has 0 radical (unpaired) electrons. The van der Waals surface area contributed by atoms with E-state index in [1.807, 2.05) is 0 Å². The number of carbonyl (C=O) groups is 3. The molecule has 0 saturated carbocycles. The first-order chi connectivity index (χ1) is 9.73. The number of amides is 2. The number of carbonyl (C=O) groups excluding carboxylic acids is 3. The highest BCUT2D eigenvalue weighted by molar-refractivity contribution is 7.81. The lowest BCUT2D eigenvalue weighted by atomic mass is 10.2. The second-order valence-electron chi connectivity index (χ2n) is 4.05. The molecule has 11 heteroatoms. The van der Waals surface area contributed by atoms with Crippen LogP contribution in [0.1, 0.15) is 0 Å². The third-order valence-electron chi connectivity index (χ3n) is 2.43. The Labute approximate surface area is 144 Å². The summed E-state index contributed by atoms with van der Waals surface area (Å²) in [5.41, 5.74) is 0. The van der Waals surface area contributed by atoms with Gasteiger partial charge in [-0.15, -0.1) is 0 Å². The fraction of sp³-hybridized carbons (Fsp3) is 0.700. The van der Waals surface area contributed by atoms with E-state index in [1.165, 1.54) is 0 Å². The quantitative estimate of drug-likeness (QED) is 0.174. The van der Waals surface area contributed by atoms with Gasteiger partial charge in [-0.25, -0.2) is 0 Å². The van der Waals surface area contributed by atoms with Gasteiger partial charge in [-0.2, -0.15) is 50.5 Å². The number of rotatable bonds is 9. The van der Waals surface area contributed by atoms with Gasteiger partial charge in [-0.3, -0.25) is 14.4 Å². The van der Waals surface area contributed by atoms with Crippen LogP contribution in [0.3, 0.4) is 0 Å². The van der Waals surface area contributed by atoms with Crippen molar-refractivity contribution < 1.29 is 24.6 Å². The van der Waals surface area contributed by atoms with Crippen molar-refractivity contribution >= 4 is 68.1 Å². The first kappa shape index (κ1) is 20.9. The molecule has 0 aliphatic heterocycles. The molecule has 0 rings (SSSR count). The summed E-state index contributed by atoms with van der Waals surface area (Å²) >= 11 is 15.3. The molecular weight excluding hydrogens is 356 g/mol. The Hall–Kier alpha value is -0.0700. The molecule has 2 amide bonds. The number of Topliss-reactive ketones (excluding diaryl/α,β-unsaturated/α-hetero) is 1. The van der Waals surface area contributed by atoms with Gasteiger partial charge in [0.2, 0.25) is 5.91 Å². The highest BCUT2D eigenvalue weighted by Gasteiger charge is 2.34. The molecule has 0 heterocycles. The van der Waals surface area contributed by atoms with E-state index in [4.69, 9.17) is 0 Å². The number of aliphatic hydroxyl groups is 2. The van der Waals surface area contributed by atoms with Crippen LogP contribution >= 0.6 is 50.5 Å². The summed E-state index contributed by atoms with van der Waals surface area (Å²) in [7, 11) is 0. The maximum atomic E-state index is 11.9. The predicted molar refractivity (Wildman–Crippen MR) is 91.4 cm³/mol. The van der Waals surface area contributed by atoms with E-state index in [1.54, 1.807) is 0 Å². The Balaban J connectivity index is 4.77. The molecule has 0 spiro atoms. The molecule has 0 aromatic rings. The first-order valence-electron chi connectivity index (χ1n) is 5.75. The van der Waals surface area contributed by atoms with Crippen molar-refractivity contribution in [1.29, 1.82) is 0 Å². The molecule has 0 aliphatic carbocycles. The van der Waals surface area contributed by atoms with Crippen molar-refractivity contribution in [2.45, 2.75) is 17.9 Å². The minimum atomic E-state index is -2.70. The average Bonchev–Trinajstić information content (AvgIpc) is 2.48. The predicted octanol–water partition coefficient (Wildman–Crippen LogP) is -2.07. The van der Waals surface area contributed by atoms with E-state index in [-0.39, 0.29) is 23.0 Å². The lowest BCUT2D eigenvalue weighted by Crippen LogP contribution is -2.58. The standard InChI is InChI=1S/C10H18N2O5S4/c13-7(3-20)5(1-18)11-8(14)6(2-19)12-9(15)10(16,17)4-21/h5-6,16-21H,1-4H2,(H,11,14)(H,12,15)/t5-,6-/m0/s1. The SMILES string of the molecule is O=C(CS)[C@H](CS)NC(=O)[C@H](CS)NC(=O)C(O)(O)CS. The van der Waals surface area contributed by atoms with Crippen LogP contribution in [-0.4, -0.2) is 68.7 Å². The zero-order valence-electron chi connectivity index (χ0n) is 10.9. The smallest absolute Gasteiger partial charge is 0.281 e. The molecule has 0 fully saturated rings. The van der Waals surface area contributed by atoms with Crippen molar-refractivity contribution in [3.8, 4) is 0 Å². The van der Waals surface area contributed by atoms with Crippen molar-refractivity contribution in [3.63, 3.8) is 0 Å². The molecule has 21 heavy (non-hydrogen) atoms. The van der Waals surface area contributed by atoms with Crippen molar-refractivity contribution in [2.75, 3.05) is 23.0 Å². The largest absolute Gasteiger partial charge is 0.358 e. The normalized spacial score (nSPS) is 14.2. The van der Waals surface area contributed by atoms with Crippen molar-refractivity contribution in [1.82, 2.24) is 10.6 Å². The van der Waals surface area contributed by atoms with Crippen LogP contribution in [0.2, 0.25) is 0 Å². The van der Waals surface area contributed by atoms with Crippen LogP contribution in [0, 0.1) is 0 Å². The van der Waals surface area contributed by atoms with Gasteiger partial charge in [0.25, 0.3) is 11.7 Å². The van der Waals surface area contributed by atoms with Crippen LogP contribution in [0.5, 0.6) is 0 Å². The van der Waals surface area contributed by atoms with Crippen LogP contribution in [0.4, 0.5) is 0 Å². The van der Waals surface area contributed by atoms with E-state index < -0.39 is 35.4 Å². The Morgan fingerprint density at radius 2 is 1.48 bits per heavy atom. The van der Waals surface area contributed by atoms with Crippen LogP contribution in [0.25, 0.3) is 0 Å². The molecule has 7 nitrogen and oxygen atoms in total. The van der Waals surface area contributed by atoms with E-state index in [0.717, 1.165) is 0 Å². The van der Waals surface area contributed by atoms with Gasteiger partial charge in [0.05, 0.1) is 17.5 Å². The number of thiol groups is 4. The molecule has 2 atom stereocenters. The molecule has 0 bridgehead atoms. The van der Waals surface area contributed by atoms with E-state index >= 15 is 0 Å². The Kier molecular flexibility index (Phi) is 9.81. The molecule has 0 unspecified atom stereocenters. The third-order valence-corrected chi connectivity index (χ3v) is 3.92. The summed E-state index contributed by atoms with van der Waals surface area (Å²) in [5, 5.41) is 23.1. The second-order valence-corrected chi connectivity index (χ2v) is 5.41. The number of nitrogens with one attached hydrogen (secondary N) is 2. The fourth-order valence-electron chi connectivity index (χ4n) is 1.15. The van der Waals surface area contributed by atoms with Crippen molar-refractivity contribution in [2.24, 2.45) is 0 Å². The van der Waals surface area contributed by atoms with E-state index in [2.05, 4.69) is 61.1 Å². The minimum absolute atomic E-state index is 0.0684. The summed E-state index contributed by atoms with van der Waals surface area (Å²) < 4.78 is 0. The maximum Gasteiger partial charge on any atom is 0.281 e. The number of hydrogen-bond donors (Lipinski definition) is 8. The van der Waals surface area contributed by atoms with Crippen LogP contribution in [0.15, 0.2) is 0 Å². The molecule has 0 aliphatic rings. The Morgan fingerprint density at radius 3 is 1.86 bits per heavy atom. The summed E-state index contributed by atoms with van der Waals surface area (Å²) in [4.78, 5) is 35.0. The van der Waals surface area contributed by atoms with Gasteiger partial charge < -0.3 is 20.8 Å². The van der Waals surface area contributed by atoms with Gasteiger partial charge in [0, 0.05) is 11.5 Å². The third kappa shape index (κ3) is 6.70. The maximum absolute atomic E-state index is 11.9. The van der Waals surface area contributed by atoms with Crippen molar-refractivity contribution in [3.05, 3.63) is 0 Å². The van der Waals surface area contributed by atoms with Gasteiger partial charge in [0.15, 0.2) is 5.78 Å². The molecule has 122 valence electrons. The monoisotopic (exact) mass is 374 g/mol. The van der Waals surface area contributed by atoms with Gasteiger partial charge >= 0.3 is 0 Å². The minimum Gasteiger partial charge on any atom is -0.358 e. The summed E-state index contributed by atoms with van der Waals surface area (Å²) in [6.45, 7) is 0. The average molecular weight is 375 g/mol. The fourth-order valence-corrected chi connectivity index (χ4v) is 2.07. The zero-order chi connectivity index (χ0) is 16.6. The van der Waals surface area contributed by atoms with E-state index in [0.29, 0.717) is 0 Å². The van der Waals surface area contributed by atoms with Gasteiger partial charge in [0.1, 0.15) is 6.04 Å². The Morgan fingerprint density at radius 1 is 0.952 bits per heavy atom. The molecule has 4 N–H and O–H groups in total. The van der Waals surface area contributed by atoms with Crippen LogP contribution in [-0.2, 0) is 14.4 Å². The zero-order valence-corrected chi connectivity index (χ0v) is 14.5. The number of ketones is 1. The molecular formula is C10H18N2O5S4. The lowest BCUT2D eigenvalue weighted by molar-refractivity contribution is -0.177.